The first-order valence-electron chi connectivity index (χ1n) is 6.56. The fourth-order valence-corrected chi connectivity index (χ4v) is 2.84. The molecule has 0 heterocycles. The molecule has 0 radical (unpaired) electrons. The van der Waals surface area contributed by atoms with E-state index in [1.165, 1.54) is 30.0 Å². The smallest absolute Gasteiger partial charge is 0.137 e. The van der Waals surface area contributed by atoms with E-state index >= 15 is 0 Å². The maximum absolute atomic E-state index is 13.7. The van der Waals surface area contributed by atoms with Crippen LogP contribution in [0.15, 0.2) is 52.3 Å². The Morgan fingerprint density at radius 1 is 1.10 bits per heavy atom. The molecule has 0 aromatic heterocycles. The second kappa shape index (κ2) is 6.86. The van der Waals surface area contributed by atoms with Crippen molar-refractivity contribution in [3.05, 3.63) is 59.7 Å². The minimum Gasteiger partial charge on any atom is -0.327 e. The van der Waals surface area contributed by atoms with Crippen LogP contribution in [0.3, 0.4) is 0 Å². The van der Waals surface area contributed by atoms with Crippen LogP contribution in [0.1, 0.15) is 18.9 Å². The third kappa shape index (κ3) is 3.81. The second-order valence-corrected chi connectivity index (χ2v) is 5.74. The molecule has 2 aromatic rings. The number of benzene rings is 2. The van der Waals surface area contributed by atoms with Crippen molar-refractivity contribution >= 4 is 11.8 Å². The third-order valence-electron chi connectivity index (χ3n) is 3.09. The van der Waals surface area contributed by atoms with Crippen LogP contribution in [0.25, 0.3) is 0 Å². The molecule has 0 aliphatic heterocycles. The summed E-state index contributed by atoms with van der Waals surface area (Å²) in [6.45, 7) is 1.99. The quantitative estimate of drug-likeness (QED) is 0.884. The standard InChI is InChI=1S/C16H17F2NS/c1-2-13(19)10-11-9-12(17)7-8-15(11)20-16-6-4-3-5-14(16)18/h3-9,13H,2,10,19H2,1H3. The van der Waals surface area contributed by atoms with Gasteiger partial charge in [0.15, 0.2) is 0 Å². The van der Waals surface area contributed by atoms with Crippen LogP contribution in [-0.4, -0.2) is 6.04 Å². The molecule has 2 rings (SSSR count). The zero-order valence-electron chi connectivity index (χ0n) is 11.3. The molecule has 0 spiro atoms. The number of hydrogen-bond donors (Lipinski definition) is 1. The first-order chi connectivity index (χ1) is 9.60. The molecule has 0 fully saturated rings. The van der Waals surface area contributed by atoms with Gasteiger partial charge in [0.05, 0.1) is 0 Å². The average Bonchev–Trinajstić information content (AvgIpc) is 2.44. The zero-order chi connectivity index (χ0) is 14.5. The molecule has 4 heteroatoms. The lowest BCUT2D eigenvalue weighted by molar-refractivity contribution is 0.601. The summed E-state index contributed by atoms with van der Waals surface area (Å²) < 4.78 is 27.1. The van der Waals surface area contributed by atoms with Gasteiger partial charge in [0.2, 0.25) is 0 Å². The van der Waals surface area contributed by atoms with Crippen molar-refractivity contribution in [1.29, 1.82) is 0 Å². The molecular formula is C16H17F2NS. The topological polar surface area (TPSA) is 26.0 Å². The van der Waals surface area contributed by atoms with E-state index in [1.807, 2.05) is 6.92 Å². The van der Waals surface area contributed by atoms with E-state index in [4.69, 9.17) is 5.73 Å². The van der Waals surface area contributed by atoms with Crippen molar-refractivity contribution in [3.63, 3.8) is 0 Å². The fourth-order valence-electron chi connectivity index (χ4n) is 1.88. The highest BCUT2D eigenvalue weighted by molar-refractivity contribution is 7.99. The number of halogens is 2. The van der Waals surface area contributed by atoms with Crippen molar-refractivity contribution in [1.82, 2.24) is 0 Å². The largest absolute Gasteiger partial charge is 0.327 e. The number of nitrogens with two attached hydrogens (primary N) is 1. The molecule has 0 saturated heterocycles. The van der Waals surface area contributed by atoms with Gasteiger partial charge in [-0.25, -0.2) is 8.78 Å². The third-order valence-corrected chi connectivity index (χ3v) is 4.25. The highest BCUT2D eigenvalue weighted by atomic mass is 32.2. The normalized spacial score (nSPS) is 12.4. The summed E-state index contributed by atoms with van der Waals surface area (Å²) in [4.78, 5) is 1.38. The van der Waals surface area contributed by atoms with Gasteiger partial charge in [0, 0.05) is 15.8 Å². The Balaban J connectivity index is 2.29. The lowest BCUT2D eigenvalue weighted by atomic mass is 10.0. The van der Waals surface area contributed by atoms with Gasteiger partial charge in [0.1, 0.15) is 11.6 Å². The lowest BCUT2D eigenvalue weighted by Gasteiger charge is -2.13. The van der Waals surface area contributed by atoms with E-state index in [1.54, 1.807) is 24.3 Å². The number of hydrogen-bond acceptors (Lipinski definition) is 2. The lowest BCUT2D eigenvalue weighted by Crippen LogP contribution is -2.21. The minimum atomic E-state index is -0.291. The summed E-state index contributed by atoms with van der Waals surface area (Å²) in [5.74, 6) is -0.561. The van der Waals surface area contributed by atoms with Crippen LogP contribution in [0.4, 0.5) is 8.78 Å². The van der Waals surface area contributed by atoms with Crippen LogP contribution in [-0.2, 0) is 6.42 Å². The molecule has 0 aliphatic rings. The van der Waals surface area contributed by atoms with E-state index in [2.05, 4.69) is 0 Å². The fraction of sp³-hybridized carbons (Fsp3) is 0.250. The summed E-state index contributed by atoms with van der Waals surface area (Å²) in [5, 5.41) is 0. The molecule has 2 aromatic carbocycles. The molecule has 1 unspecified atom stereocenters. The van der Waals surface area contributed by atoms with Crippen molar-refractivity contribution < 1.29 is 8.78 Å². The van der Waals surface area contributed by atoms with E-state index < -0.39 is 0 Å². The van der Waals surface area contributed by atoms with Crippen LogP contribution in [0.5, 0.6) is 0 Å². The van der Waals surface area contributed by atoms with Crippen LogP contribution in [0, 0.1) is 11.6 Å². The molecular weight excluding hydrogens is 276 g/mol. The summed E-state index contributed by atoms with van der Waals surface area (Å²) in [6.07, 6.45) is 1.41. The molecule has 0 aliphatic carbocycles. The second-order valence-electron chi connectivity index (χ2n) is 4.66. The Bertz CT molecular complexity index is 586. The van der Waals surface area contributed by atoms with Gasteiger partial charge in [0.25, 0.3) is 0 Å². The highest BCUT2D eigenvalue weighted by Crippen LogP contribution is 2.33. The van der Waals surface area contributed by atoms with Gasteiger partial charge >= 0.3 is 0 Å². The van der Waals surface area contributed by atoms with E-state index in [9.17, 15) is 8.78 Å². The molecule has 0 amide bonds. The molecule has 1 atom stereocenters. The van der Waals surface area contributed by atoms with Crippen molar-refractivity contribution in [2.75, 3.05) is 0 Å². The Morgan fingerprint density at radius 2 is 1.85 bits per heavy atom. The molecule has 20 heavy (non-hydrogen) atoms. The SMILES string of the molecule is CCC(N)Cc1cc(F)ccc1Sc1ccccc1F. The molecule has 106 valence electrons. The van der Waals surface area contributed by atoms with Crippen molar-refractivity contribution in [3.8, 4) is 0 Å². The Kier molecular flexibility index (Phi) is 5.15. The highest BCUT2D eigenvalue weighted by Gasteiger charge is 2.11. The van der Waals surface area contributed by atoms with Gasteiger partial charge in [-0.1, -0.05) is 30.8 Å². The van der Waals surface area contributed by atoms with Gasteiger partial charge in [-0.2, -0.15) is 0 Å². The van der Waals surface area contributed by atoms with Crippen LogP contribution >= 0.6 is 11.8 Å². The van der Waals surface area contributed by atoms with Crippen LogP contribution in [0.2, 0.25) is 0 Å². The summed E-state index contributed by atoms with van der Waals surface area (Å²) in [5.41, 5.74) is 6.77. The average molecular weight is 293 g/mol. The Labute approximate surface area is 122 Å². The summed E-state index contributed by atoms with van der Waals surface area (Å²) in [7, 11) is 0. The van der Waals surface area contributed by atoms with E-state index in [-0.39, 0.29) is 17.7 Å². The monoisotopic (exact) mass is 293 g/mol. The van der Waals surface area contributed by atoms with E-state index in [0.717, 1.165) is 16.9 Å². The van der Waals surface area contributed by atoms with E-state index in [0.29, 0.717) is 11.3 Å². The molecule has 0 bridgehead atoms. The Hall–Kier alpha value is -1.39. The molecule has 1 nitrogen and oxygen atoms in total. The zero-order valence-corrected chi connectivity index (χ0v) is 12.1. The maximum atomic E-state index is 13.7. The Morgan fingerprint density at radius 3 is 2.55 bits per heavy atom. The summed E-state index contributed by atoms with van der Waals surface area (Å²) >= 11 is 1.30. The van der Waals surface area contributed by atoms with Crippen molar-refractivity contribution in [2.45, 2.75) is 35.6 Å². The number of rotatable bonds is 5. The first kappa shape index (κ1) is 15.0. The molecule has 0 saturated carbocycles. The first-order valence-corrected chi connectivity index (χ1v) is 7.38. The van der Waals surface area contributed by atoms with Gasteiger partial charge in [-0.05, 0) is 48.7 Å². The minimum absolute atomic E-state index is 0.0169. The van der Waals surface area contributed by atoms with Crippen LogP contribution < -0.4 is 5.73 Å². The van der Waals surface area contributed by atoms with Gasteiger partial charge in [-0.15, -0.1) is 0 Å². The summed E-state index contributed by atoms with van der Waals surface area (Å²) in [6, 6.07) is 11.1. The van der Waals surface area contributed by atoms with Gasteiger partial charge in [-0.3, -0.25) is 0 Å². The van der Waals surface area contributed by atoms with Crippen molar-refractivity contribution in [2.24, 2.45) is 5.73 Å². The van der Waals surface area contributed by atoms with Gasteiger partial charge < -0.3 is 5.73 Å². The predicted molar refractivity (Wildman–Crippen MR) is 78.9 cm³/mol. The molecule has 2 N–H and O–H groups in total. The predicted octanol–water partition coefficient (Wildman–Crippen LogP) is 4.40. The maximum Gasteiger partial charge on any atom is 0.137 e.